The molecule has 11 aromatic heterocycles. The summed E-state index contributed by atoms with van der Waals surface area (Å²) in [7, 11) is 0. The third-order valence-electron chi connectivity index (χ3n) is 20.5. The molecule has 0 radical (unpaired) electrons. The quantitative estimate of drug-likeness (QED) is 0.164. The van der Waals surface area contributed by atoms with Crippen LogP contribution in [0.2, 0.25) is 0 Å². The van der Waals surface area contributed by atoms with Crippen LogP contribution >= 0.6 is 11.3 Å². The van der Waals surface area contributed by atoms with E-state index in [0.717, 1.165) is 131 Å². The van der Waals surface area contributed by atoms with Crippen molar-refractivity contribution in [2.24, 2.45) is 0 Å². The van der Waals surface area contributed by atoms with Gasteiger partial charge in [-0.1, -0.05) is 82.9 Å². The largest absolute Gasteiger partial charge is 0.454 e. The first-order chi connectivity index (χ1) is 45.8. The molecule has 11 heteroatoms. The third kappa shape index (κ3) is 7.18. The summed E-state index contributed by atoms with van der Waals surface area (Å²) in [5.74, 6) is 1.86. The second-order valence-electron chi connectivity index (χ2n) is 26.9. The third-order valence-corrected chi connectivity index (χ3v) is 24.4. The van der Waals surface area contributed by atoms with Gasteiger partial charge in [-0.3, -0.25) is 0 Å². The van der Waals surface area contributed by atoms with E-state index < -0.39 is 0 Å². The Bertz CT molecular complexity index is 6360. The van der Waals surface area contributed by atoms with Gasteiger partial charge in [-0.15, -0.1) is 0 Å². The van der Waals surface area contributed by atoms with Crippen molar-refractivity contribution in [1.82, 2.24) is 18.3 Å². The Morgan fingerprint density at radius 2 is 0.798 bits per heavy atom. The summed E-state index contributed by atoms with van der Waals surface area (Å²) >= 11 is 2.02. The van der Waals surface area contributed by atoms with E-state index in [9.17, 15) is 0 Å². The summed E-state index contributed by atoms with van der Waals surface area (Å²) in [4.78, 5) is 1.33. The number of hydrogen-bond donors (Lipinski definition) is 0. The molecular weight excluding hydrogens is 1240 g/mol. The molecular formula is C83H58N4O5SSe. The number of hydrogen-bond acceptors (Lipinski definition) is 6. The predicted molar refractivity (Wildman–Crippen MR) is 384 cm³/mol. The van der Waals surface area contributed by atoms with Gasteiger partial charge in [0, 0.05) is 57.2 Å². The summed E-state index contributed by atoms with van der Waals surface area (Å²) in [6.07, 6.45) is 2.50. The first kappa shape index (κ1) is 53.1. The number of furan rings is 5. The monoisotopic (exact) mass is 1300 g/mol. The number of fused-ring (bicyclic) bond motifs is 28. The van der Waals surface area contributed by atoms with Crippen molar-refractivity contribution < 1.29 is 22.1 Å². The van der Waals surface area contributed by atoms with E-state index in [0.29, 0.717) is 0 Å². The molecule has 452 valence electrons. The van der Waals surface area contributed by atoms with Gasteiger partial charge in [-0.2, -0.15) is 0 Å². The zero-order valence-corrected chi connectivity index (χ0v) is 55.5. The van der Waals surface area contributed by atoms with Crippen molar-refractivity contribution in [2.45, 2.75) is 74.7 Å². The summed E-state index contributed by atoms with van der Waals surface area (Å²) in [5, 5.41) is 4.45. The van der Waals surface area contributed by atoms with Gasteiger partial charge in [0.15, 0.2) is 11.2 Å². The Kier molecular flexibility index (Phi) is 10.6. The topological polar surface area (TPSA) is 85.4 Å². The Labute approximate surface area is 548 Å². The van der Waals surface area contributed by atoms with Gasteiger partial charge in [-0.05, 0) is 82.1 Å². The van der Waals surface area contributed by atoms with E-state index >= 15 is 0 Å². The molecule has 0 saturated heterocycles. The molecule has 8 aromatic carbocycles. The Balaban J connectivity index is 0.000000126. The maximum absolute atomic E-state index is 6.95. The number of aromatic nitrogens is 4. The predicted octanol–water partition coefficient (Wildman–Crippen LogP) is 22.3. The van der Waals surface area contributed by atoms with E-state index in [-0.39, 0.29) is 14.5 Å². The van der Waals surface area contributed by atoms with Crippen molar-refractivity contribution in [2.75, 3.05) is 0 Å². The minimum absolute atomic E-state index is 0.125. The molecule has 0 amide bonds. The molecule has 94 heavy (non-hydrogen) atoms. The van der Waals surface area contributed by atoms with Crippen LogP contribution in [0.5, 0.6) is 0 Å². The molecule has 0 aliphatic heterocycles. The minimum atomic E-state index is 0.125. The number of aryl methyl sites for hydroxylation is 8. The van der Waals surface area contributed by atoms with Crippen LogP contribution in [0.1, 0.15) is 77.4 Å². The minimum Gasteiger partial charge on any atom is -0.454 e. The second-order valence-corrected chi connectivity index (χ2v) is 30.3. The van der Waals surface area contributed by atoms with Gasteiger partial charge in [0.25, 0.3) is 0 Å². The van der Waals surface area contributed by atoms with Crippen LogP contribution in [-0.2, 0) is 19.3 Å². The summed E-state index contributed by atoms with van der Waals surface area (Å²) < 4.78 is 47.6. The van der Waals surface area contributed by atoms with Crippen molar-refractivity contribution in [3.8, 4) is 56.7 Å². The summed E-state index contributed by atoms with van der Waals surface area (Å²) in [6.45, 7) is 17.1. The van der Waals surface area contributed by atoms with Crippen molar-refractivity contribution in [3.63, 3.8) is 0 Å². The van der Waals surface area contributed by atoms with Gasteiger partial charge in [0.05, 0.1) is 11.4 Å². The van der Waals surface area contributed by atoms with Crippen LogP contribution in [0.15, 0.2) is 192 Å². The van der Waals surface area contributed by atoms with Gasteiger partial charge in [0.1, 0.15) is 22.2 Å². The fourth-order valence-electron chi connectivity index (χ4n) is 16.2. The Morgan fingerprint density at radius 3 is 1.35 bits per heavy atom. The zero-order valence-electron chi connectivity index (χ0n) is 52.9. The zero-order chi connectivity index (χ0) is 62.6. The van der Waals surface area contributed by atoms with E-state index in [1.54, 1.807) is 0 Å². The van der Waals surface area contributed by atoms with Crippen molar-refractivity contribution in [3.05, 3.63) is 247 Å². The summed E-state index contributed by atoms with van der Waals surface area (Å²) in [5.41, 5.74) is 39.3. The summed E-state index contributed by atoms with van der Waals surface area (Å²) in [6, 6.07) is 62.3. The van der Waals surface area contributed by atoms with Gasteiger partial charge in [0.2, 0.25) is 0 Å². The van der Waals surface area contributed by atoms with E-state index in [1.807, 2.05) is 18.3 Å². The molecule has 19 aromatic rings. The smallest absolute Gasteiger partial charge is 0.157 e. The van der Waals surface area contributed by atoms with Crippen LogP contribution in [0.3, 0.4) is 0 Å². The SMILES string of the molecule is Cc1ccc(-n2c3c(c4oc(C)cc42)Cc2c-3oc3cc4c(cc23)oc2c4[se]c3c4sc(C)cc4n(-c4ccc(C)cc4)c23)cc1.Cc1ccc(-n2c3c(c4oc5cc6c(cc5c42)oc2c4c(n(-c5ccc(C)cc5)c26)-c2ccc(C)cc2C4)Cc2cc(C)ccc2-3)cc1. The van der Waals surface area contributed by atoms with Crippen LogP contribution in [0, 0.1) is 55.4 Å². The van der Waals surface area contributed by atoms with Gasteiger partial charge < -0.3 is 18.0 Å². The van der Waals surface area contributed by atoms with Gasteiger partial charge in [-0.25, -0.2) is 0 Å². The fraction of sp³-hybridized carbons (Fsp3) is 0.133. The van der Waals surface area contributed by atoms with E-state index in [4.69, 9.17) is 22.1 Å². The van der Waals surface area contributed by atoms with Crippen LogP contribution < -0.4 is 0 Å². The molecule has 0 unspecified atom stereocenters. The molecule has 3 aliphatic carbocycles. The second kappa shape index (κ2) is 18.7. The Morgan fingerprint density at radius 1 is 0.340 bits per heavy atom. The van der Waals surface area contributed by atoms with Crippen molar-refractivity contribution in [1.29, 1.82) is 0 Å². The molecule has 0 saturated carbocycles. The van der Waals surface area contributed by atoms with Crippen molar-refractivity contribution >= 4 is 133 Å². The molecule has 0 fully saturated rings. The van der Waals surface area contributed by atoms with Crippen LogP contribution in [0.4, 0.5) is 0 Å². The molecule has 22 rings (SSSR count). The molecule has 3 aliphatic rings. The molecule has 0 atom stereocenters. The normalized spacial score (nSPS) is 13.2. The number of thiophene rings is 1. The average molecular weight is 1300 g/mol. The average Bonchev–Trinajstić information content (AvgIpc) is 1.54. The molecule has 0 spiro atoms. The number of nitrogens with zero attached hydrogens (tertiary/aromatic N) is 4. The number of benzene rings is 8. The first-order valence-electron chi connectivity index (χ1n) is 32.4. The van der Waals surface area contributed by atoms with Crippen LogP contribution in [-0.4, -0.2) is 32.8 Å². The molecule has 9 nitrogen and oxygen atoms in total. The standard InChI is InChI=1S/C44H32N2O2.C39H26N2O3SSe/c1-23-5-11-29(12-6-23)45-39-31-15-9-25(3)17-27(31)19-35(39)43-41(45)33-21-38-34(22-37(33)47-43)42-44(48-38)36-20-28-18-26(4)10-16-32(28)40(36)46(42)30-13-7-24(2)8-14-30;1-18-5-9-22(10-6-18)40-28-13-20(3)42-34(28)27-15-25-24-16-31-26(17-30(24)43-35(25)32(27)40)38-36(44-31)33-39(46-38)37-29(14-21(4)45-37)41(33)23-11-7-19(2)8-12-23/h5-18,21-22H,19-20H2,1-4H3;5-14,16-17H,15H2,1-4H3. The molecule has 0 N–H and O–H groups in total. The number of rotatable bonds is 4. The molecule has 0 bridgehead atoms. The maximum atomic E-state index is 6.95. The van der Waals surface area contributed by atoms with Gasteiger partial charge >= 0.3 is 267 Å². The maximum Gasteiger partial charge on any atom is 0.157 e. The fourth-order valence-corrected chi connectivity index (χ4v) is 20.1. The van der Waals surface area contributed by atoms with E-state index in [2.05, 4.69) is 237 Å². The first-order valence-corrected chi connectivity index (χ1v) is 34.9. The molecule has 11 heterocycles. The Hall–Kier alpha value is -10.4. The van der Waals surface area contributed by atoms with Crippen LogP contribution in [0.25, 0.3) is 164 Å². The van der Waals surface area contributed by atoms with E-state index in [1.165, 1.54) is 129 Å².